The molecule has 1 aliphatic rings. The Hall–Kier alpha value is -1.00. The van der Waals surface area contributed by atoms with Gasteiger partial charge in [-0.1, -0.05) is 30.9 Å². The topological polar surface area (TPSA) is 45.5 Å². The molecule has 0 unspecified atom stereocenters. The minimum Gasteiger partial charge on any atom is -0.395 e. The summed E-state index contributed by atoms with van der Waals surface area (Å²) in [6.45, 7) is 0.396. The third-order valence-corrected chi connectivity index (χ3v) is 4.01. The predicted molar refractivity (Wildman–Crippen MR) is 75.4 cm³/mol. The summed E-state index contributed by atoms with van der Waals surface area (Å²) in [6.07, 6.45) is 7.36. The van der Waals surface area contributed by atoms with Gasteiger partial charge in [0.1, 0.15) is 5.69 Å². The van der Waals surface area contributed by atoms with E-state index in [-0.39, 0.29) is 18.6 Å². The molecule has 1 aromatic heterocycles. The summed E-state index contributed by atoms with van der Waals surface area (Å²) in [4.78, 5) is 14.4. The Bertz CT molecular complexity index is 439. The number of aromatic nitrogens is 1. The highest BCUT2D eigenvalue weighted by atomic mass is 35.5. The quantitative estimate of drug-likeness (QED) is 0.923. The molecule has 0 bridgehead atoms. The Kier molecular flexibility index (Phi) is 4.88. The molecule has 1 fully saturated rings. The molecule has 0 aromatic carbocycles. The minimum atomic E-state index is -0.0321. The van der Waals surface area contributed by atoms with Crippen LogP contribution in [0.2, 0.25) is 5.02 Å². The van der Waals surface area contributed by atoms with Gasteiger partial charge in [-0.25, -0.2) is 0 Å². The molecule has 1 aromatic rings. The van der Waals surface area contributed by atoms with Crippen molar-refractivity contribution in [1.29, 1.82) is 0 Å². The van der Waals surface area contributed by atoms with Crippen molar-refractivity contribution in [1.82, 2.24) is 9.47 Å². The number of aliphatic hydroxyl groups excluding tert-OH is 1. The number of nitrogens with zero attached hydrogens (tertiary/aromatic N) is 2. The molecule has 1 saturated carbocycles. The van der Waals surface area contributed by atoms with E-state index in [1.165, 1.54) is 6.42 Å². The van der Waals surface area contributed by atoms with Crippen molar-refractivity contribution in [2.45, 2.75) is 38.1 Å². The summed E-state index contributed by atoms with van der Waals surface area (Å²) < 4.78 is 1.75. The van der Waals surface area contributed by atoms with Crippen molar-refractivity contribution in [2.24, 2.45) is 7.05 Å². The third-order valence-electron chi connectivity index (χ3n) is 3.81. The first-order valence-electron chi connectivity index (χ1n) is 6.87. The monoisotopic (exact) mass is 284 g/mol. The number of amides is 1. The average molecular weight is 285 g/mol. The van der Waals surface area contributed by atoms with Crippen LogP contribution in [0.5, 0.6) is 0 Å². The predicted octanol–water partition coefficient (Wildman–Crippen LogP) is 2.45. The van der Waals surface area contributed by atoms with Crippen LogP contribution in [-0.2, 0) is 7.05 Å². The van der Waals surface area contributed by atoms with Gasteiger partial charge in [0.2, 0.25) is 0 Å². The SMILES string of the molecule is Cn1cc(Cl)cc1C(=O)N(CCO)C1CCCCC1. The van der Waals surface area contributed by atoms with E-state index >= 15 is 0 Å². The first-order valence-corrected chi connectivity index (χ1v) is 7.25. The summed E-state index contributed by atoms with van der Waals surface area (Å²) in [5, 5.41) is 9.78. The second-order valence-electron chi connectivity index (χ2n) is 5.17. The first kappa shape index (κ1) is 14.4. The maximum absolute atomic E-state index is 12.6. The van der Waals surface area contributed by atoms with Crippen LogP contribution in [0.1, 0.15) is 42.6 Å². The zero-order valence-corrected chi connectivity index (χ0v) is 12.1. The maximum atomic E-state index is 12.6. The average Bonchev–Trinajstić information content (AvgIpc) is 2.75. The van der Waals surface area contributed by atoms with Crippen molar-refractivity contribution in [3.05, 3.63) is 23.0 Å². The Morgan fingerprint density at radius 2 is 2.16 bits per heavy atom. The van der Waals surface area contributed by atoms with Gasteiger partial charge in [0.05, 0.1) is 11.6 Å². The zero-order chi connectivity index (χ0) is 13.8. The normalized spacial score (nSPS) is 16.6. The lowest BCUT2D eigenvalue weighted by molar-refractivity contribution is 0.0576. The molecule has 0 aliphatic heterocycles. The van der Waals surface area contributed by atoms with Crippen LogP contribution in [0.4, 0.5) is 0 Å². The zero-order valence-electron chi connectivity index (χ0n) is 11.3. The molecular weight excluding hydrogens is 264 g/mol. The maximum Gasteiger partial charge on any atom is 0.270 e. The fraction of sp³-hybridized carbons (Fsp3) is 0.643. The van der Waals surface area contributed by atoms with Crippen LogP contribution < -0.4 is 0 Å². The first-order chi connectivity index (χ1) is 9.13. The third kappa shape index (κ3) is 3.31. The van der Waals surface area contributed by atoms with Crippen molar-refractivity contribution >= 4 is 17.5 Å². The van der Waals surface area contributed by atoms with Gasteiger partial charge in [0.25, 0.3) is 5.91 Å². The molecule has 19 heavy (non-hydrogen) atoms. The lowest BCUT2D eigenvalue weighted by atomic mass is 9.94. The van der Waals surface area contributed by atoms with Gasteiger partial charge in [-0.2, -0.15) is 0 Å². The Morgan fingerprint density at radius 3 is 2.68 bits per heavy atom. The number of rotatable bonds is 4. The van der Waals surface area contributed by atoms with Crippen LogP contribution in [0.3, 0.4) is 0 Å². The summed E-state index contributed by atoms with van der Waals surface area (Å²) in [5.41, 5.74) is 0.587. The summed E-state index contributed by atoms with van der Waals surface area (Å²) >= 11 is 5.94. The number of aliphatic hydroxyl groups is 1. The Morgan fingerprint density at radius 1 is 1.47 bits per heavy atom. The minimum absolute atomic E-state index is 0.000392. The summed E-state index contributed by atoms with van der Waals surface area (Å²) in [7, 11) is 1.82. The lowest BCUT2D eigenvalue weighted by Crippen LogP contribution is -2.43. The second kappa shape index (κ2) is 6.44. The number of aryl methyl sites for hydroxylation is 1. The molecule has 0 radical (unpaired) electrons. The van der Waals surface area contributed by atoms with Gasteiger partial charge >= 0.3 is 0 Å². The Balaban J connectivity index is 2.17. The molecular formula is C14H21ClN2O2. The fourth-order valence-electron chi connectivity index (χ4n) is 2.83. The fourth-order valence-corrected chi connectivity index (χ4v) is 3.08. The molecule has 0 saturated heterocycles. The standard InChI is InChI=1S/C14H21ClN2O2/c1-16-10-11(15)9-13(16)14(19)17(7-8-18)12-5-3-2-4-6-12/h9-10,12,18H,2-8H2,1H3. The number of carbonyl (C=O) groups is 1. The van der Waals surface area contributed by atoms with E-state index < -0.39 is 0 Å². The molecule has 1 aliphatic carbocycles. The van der Waals surface area contributed by atoms with Gasteiger partial charge in [-0.05, 0) is 18.9 Å². The van der Waals surface area contributed by atoms with Crippen LogP contribution >= 0.6 is 11.6 Å². The van der Waals surface area contributed by atoms with E-state index in [2.05, 4.69) is 0 Å². The van der Waals surface area contributed by atoms with Gasteiger partial charge in [-0.15, -0.1) is 0 Å². The molecule has 0 spiro atoms. The van der Waals surface area contributed by atoms with E-state index in [9.17, 15) is 9.90 Å². The molecule has 106 valence electrons. The highest BCUT2D eigenvalue weighted by molar-refractivity contribution is 6.31. The van der Waals surface area contributed by atoms with Crippen molar-refractivity contribution < 1.29 is 9.90 Å². The molecule has 1 heterocycles. The number of carbonyl (C=O) groups excluding carboxylic acids is 1. The highest BCUT2D eigenvalue weighted by Crippen LogP contribution is 2.24. The number of halogens is 1. The van der Waals surface area contributed by atoms with Crippen molar-refractivity contribution in [3.63, 3.8) is 0 Å². The van der Waals surface area contributed by atoms with Crippen LogP contribution in [0, 0.1) is 0 Å². The van der Waals surface area contributed by atoms with E-state index in [0.717, 1.165) is 25.7 Å². The second-order valence-corrected chi connectivity index (χ2v) is 5.60. The van der Waals surface area contributed by atoms with E-state index in [1.54, 1.807) is 16.8 Å². The largest absolute Gasteiger partial charge is 0.395 e. The van der Waals surface area contributed by atoms with Crippen LogP contribution in [0.15, 0.2) is 12.3 Å². The smallest absolute Gasteiger partial charge is 0.270 e. The lowest BCUT2D eigenvalue weighted by Gasteiger charge is -2.34. The number of hydrogen-bond donors (Lipinski definition) is 1. The van der Waals surface area contributed by atoms with Crippen molar-refractivity contribution in [3.8, 4) is 0 Å². The molecule has 1 N–H and O–H groups in total. The molecule has 5 heteroatoms. The molecule has 4 nitrogen and oxygen atoms in total. The van der Waals surface area contributed by atoms with Gasteiger partial charge in [-0.3, -0.25) is 4.79 Å². The molecule has 0 atom stereocenters. The number of hydrogen-bond acceptors (Lipinski definition) is 2. The van der Waals surface area contributed by atoms with Gasteiger partial charge in [0.15, 0.2) is 0 Å². The molecule has 2 rings (SSSR count). The highest BCUT2D eigenvalue weighted by Gasteiger charge is 2.27. The van der Waals surface area contributed by atoms with Gasteiger partial charge < -0.3 is 14.6 Å². The summed E-state index contributed by atoms with van der Waals surface area (Å²) in [5.74, 6) is -0.0321. The van der Waals surface area contributed by atoms with E-state index in [4.69, 9.17) is 11.6 Å². The Labute approximate surface area is 119 Å². The van der Waals surface area contributed by atoms with Crippen LogP contribution in [-0.4, -0.2) is 39.7 Å². The van der Waals surface area contributed by atoms with Gasteiger partial charge in [0, 0.05) is 25.8 Å². The summed E-state index contributed by atoms with van der Waals surface area (Å²) in [6, 6.07) is 1.94. The van der Waals surface area contributed by atoms with Crippen LogP contribution in [0.25, 0.3) is 0 Å². The molecule has 1 amide bonds. The van der Waals surface area contributed by atoms with E-state index in [0.29, 0.717) is 17.3 Å². The van der Waals surface area contributed by atoms with E-state index in [1.807, 2.05) is 11.9 Å². The van der Waals surface area contributed by atoms with Crippen molar-refractivity contribution in [2.75, 3.05) is 13.2 Å².